The van der Waals surface area contributed by atoms with Crippen LogP contribution in [0.2, 0.25) is 0 Å². The van der Waals surface area contributed by atoms with Crippen LogP contribution < -0.4 is 0 Å². The van der Waals surface area contributed by atoms with E-state index in [1.165, 1.54) is 160 Å². The van der Waals surface area contributed by atoms with Gasteiger partial charge in [-0.25, -0.2) is 0 Å². The molecule has 0 saturated heterocycles. The zero-order valence-corrected chi connectivity index (χ0v) is 30.6. The number of esters is 1. The van der Waals surface area contributed by atoms with E-state index in [0.717, 1.165) is 37.0 Å². The van der Waals surface area contributed by atoms with E-state index in [4.69, 9.17) is 4.74 Å². The van der Waals surface area contributed by atoms with Gasteiger partial charge in [-0.2, -0.15) is 0 Å². The standard InChI is InChI=1S/C41H80O2/c1-7-8-9-10-11-12-13-14-15-16-17-18-19-20-21-22-23-24-34-41(42)43-36-35-40(6)33-27-32-39(5)31-26-30-38(4)29-25-28-37(2)3/h35,37-39H,7-34,36H2,1-6H3/b40-35+/t38-,39-/m1/s1. The third-order valence-electron chi connectivity index (χ3n) is 9.55. The molecule has 0 bridgehead atoms. The van der Waals surface area contributed by atoms with Crippen molar-refractivity contribution in [2.24, 2.45) is 17.8 Å². The van der Waals surface area contributed by atoms with Crippen LogP contribution in [-0.2, 0) is 9.53 Å². The van der Waals surface area contributed by atoms with E-state index < -0.39 is 0 Å². The Morgan fingerprint density at radius 3 is 1.35 bits per heavy atom. The molecule has 0 aliphatic heterocycles. The molecule has 0 heterocycles. The number of hydrogen-bond donors (Lipinski definition) is 0. The maximum absolute atomic E-state index is 12.1. The molecule has 0 aliphatic carbocycles. The Morgan fingerprint density at radius 1 is 0.512 bits per heavy atom. The molecule has 2 atom stereocenters. The molecule has 0 aromatic carbocycles. The van der Waals surface area contributed by atoms with Gasteiger partial charge in [0.25, 0.3) is 0 Å². The second kappa shape index (κ2) is 32.6. The van der Waals surface area contributed by atoms with Gasteiger partial charge >= 0.3 is 5.97 Å². The van der Waals surface area contributed by atoms with Crippen molar-refractivity contribution in [2.45, 2.75) is 221 Å². The van der Waals surface area contributed by atoms with Gasteiger partial charge < -0.3 is 4.74 Å². The van der Waals surface area contributed by atoms with Crippen LogP contribution in [0.4, 0.5) is 0 Å². The van der Waals surface area contributed by atoms with Crippen molar-refractivity contribution in [3.63, 3.8) is 0 Å². The van der Waals surface area contributed by atoms with Crippen LogP contribution in [0, 0.1) is 17.8 Å². The number of carbonyl (C=O) groups is 1. The molecule has 0 aromatic heterocycles. The highest BCUT2D eigenvalue weighted by Gasteiger charge is 2.07. The SMILES string of the molecule is CCCCCCCCCCCCCCCCCCCCC(=O)OC/C=C(\C)CCC[C@H](C)CCC[C@H](C)CCCC(C)C. The molecule has 0 spiro atoms. The van der Waals surface area contributed by atoms with E-state index in [0.29, 0.717) is 13.0 Å². The van der Waals surface area contributed by atoms with E-state index >= 15 is 0 Å². The topological polar surface area (TPSA) is 26.3 Å². The van der Waals surface area contributed by atoms with Gasteiger partial charge in [0, 0.05) is 6.42 Å². The minimum absolute atomic E-state index is 0.0207. The number of carbonyl (C=O) groups excluding carboxylic acids is 1. The number of rotatable bonds is 33. The van der Waals surface area contributed by atoms with Gasteiger partial charge in [0.15, 0.2) is 0 Å². The molecule has 0 saturated carbocycles. The van der Waals surface area contributed by atoms with Crippen molar-refractivity contribution < 1.29 is 9.53 Å². The Bertz CT molecular complexity index is 607. The van der Waals surface area contributed by atoms with E-state index in [1.54, 1.807) is 0 Å². The maximum atomic E-state index is 12.1. The van der Waals surface area contributed by atoms with Gasteiger partial charge in [-0.1, -0.05) is 194 Å². The Labute approximate surface area is 272 Å². The molecule has 2 heteroatoms. The fourth-order valence-electron chi connectivity index (χ4n) is 6.33. The first-order chi connectivity index (χ1) is 20.8. The molecular weight excluding hydrogens is 524 g/mol. The van der Waals surface area contributed by atoms with Gasteiger partial charge in [0.2, 0.25) is 0 Å². The first-order valence-corrected chi connectivity index (χ1v) is 19.7. The van der Waals surface area contributed by atoms with Crippen molar-refractivity contribution in [1.82, 2.24) is 0 Å². The summed E-state index contributed by atoms with van der Waals surface area (Å²) >= 11 is 0. The molecule has 0 rings (SSSR count). The number of hydrogen-bond acceptors (Lipinski definition) is 2. The summed E-state index contributed by atoms with van der Waals surface area (Å²) in [6.45, 7) is 14.5. The van der Waals surface area contributed by atoms with Gasteiger partial charge in [0.05, 0.1) is 0 Å². The molecule has 0 fully saturated rings. The lowest BCUT2D eigenvalue weighted by Crippen LogP contribution is -2.04. The first kappa shape index (κ1) is 42.2. The molecule has 43 heavy (non-hydrogen) atoms. The second-order valence-corrected chi connectivity index (χ2v) is 14.9. The smallest absolute Gasteiger partial charge is 0.306 e. The Hall–Kier alpha value is -0.790. The third kappa shape index (κ3) is 33.9. The monoisotopic (exact) mass is 605 g/mol. The van der Waals surface area contributed by atoms with Crippen molar-refractivity contribution in [3.05, 3.63) is 11.6 Å². The van der Waals surface area contributed by atoms with E-state index in [1.807, 2.05) is 0 Å². The summed E-state index contributed by atoms with van der Waals surface area (Å²) in [5.41, 5.74) is 1.37. The van der Waals surface area contributed by atoms with Crippen LogP contribution in [0.3, 0.4) is 0 Å². The van der Waals surface area contributed by atoms with Crippen molar-refractivity contribution >= 4 is 5.97 Å². The molecule has 2 nitrogen and oxygen atoms in total. The quantitative estimate of drug-likeness (QED) is 0.0423. The minimum Gasteiger partial charge on any atom is -0.461 e. The Balaban J connectivity index is 3.48. The van der Waals surface area contributed by atoms with Gasteiger partial charge in [-0.15, -0.1) is 0 Å². The highest BCUT2D eigenvalue weighted by atomic mass is 16.5. The summed E-state index contributed by atoms with van der Waals surface area (Å²) < 4.78 is 5.47. The molecule has 0 aliphatic rings. The fraction of sp³-hybridized carbons (Fsp3) is 0.927. The zero-order chi connectivity index (χ0) is 31.8. The molecule has 0 aromatic rings. The summed E-state index contributed by atoms with van der Waals surface area (Å²) in [6, 6.07) is 0. The van der Waals surface area contributed by atoms with Crippen LogP contribution in [0.5, 0.6) is 0 Å². The number of allylic oxidation sites excluding steroid dienone is 1. The van der Waals surface area contributed by atoms with Crippen LogP contribution in [-0.4, -0.2) is 12.6 Å². The van der Waals surface area contributed by atoms with Crippen LogP contribution in [0.1, 0.15) is 221 Å². The fourth-order valence-corrected chi connectivity index (χ4v) is 6.33. The van der Waals surface area contributed by atoms with Crippen molar-refractivity contribution in [1.29, 1.82) is 0 Å². The van der Waals surface area contributed by atoms with E-state index in [9.17, 15) is 4.79 Å². The summed E-state index contributed by atoms with van der Waals surface area (Å²) in [4.78, 5) is 12.1. The van der Waals surface area contributed by atoms with Gasteiger partial charge in [-0.05, 0) is 50.0 Å². The molecule has 0 unspecified atom stereocenters. The van der Waals surface area contributed by atoms with E-state index in [2.05, 4.69) is 47.6 Å². The maximum Gasteiger partial charge on any atom is 0.306 e. The van der Waals surface area contributed by atoms with Crippen LogP contribution in [0.15, 0.2) is 11.6 Å². The minimum atomic E-state index is -0.0207. The predicted molar refractivity (Wildman–Crippen MR) is 193 cm³/mol. The molecule has 256 valence electrons. The number of ether oxygens (including phenoxy) is 1. The molecule has 0 N–H and O–H groups in total. The molecular formula is C41H80O2. The van der Waals surface area contributed by atoms with Crippen LogP contribution >= 0.6 is 0 Å². The Morgan fingerprint density at radius 2 is 0.907 bits per heavy atom. The van der Waals surface area contributed by atoms with Crippen molar-refractivity contribution in [3.8, 4) is 0 Å². The Kier molecular flexibility index (Phi) is 32.0. The molecule has 0 radical (unpaired) electrons. The lowest BCUT2D eigenvalue weighted by Gasteiger charge is -2.15. The second-order valence-electron chi connectivity index (χ2n) is 14.9. The zero-order valence-electron chi connectivity index (χ0n) is 30.6. The molecule has 0 amide bonds. The van der Waals surface area contributed by atoms with Gasteiger partial charge in [0.1, 0.15) is 6.61 Å². The summed E-state index contributed by atoms with van der Waals surface area (Å²) in [6.07, 6.45) is 39.4. The van der Waals surface area contributed by atoms with Gasteiger partial charge in [-0.3, -0.25) is 4.79 Å². The number of unbranched alkanes of at least 4 members (excludes halogenated alkanes) is 17. The lowest BCUT2D eigenvalue weighted by molar-refractivity contribution is -0.142. The summed E-state index contributed by atoms with van der Waals surface area (Å²) in [5.74, 6) is 2.54. The third-order valence-corrected chi connectivity index (χ3v) is 9.55. The van der Waals surface area contributed by atoms with Crippen LogP contribution in [0.25, 0.3) is 0 Å². The largest absolute Gasteiger partial charge is 0.461 e. The summed E-state index contributed by atoms with van der Waals surface area (Å²) in [7, 11) is 0. The predicted octanol–water partition coefficient (Wildman–Crippen LogP) is 14.3. The highest BCUT2D eigenvalue weighted by Crippen LogP contribution is 2.22. The first-order valence-electron chi connectivity index (χ1n) is 19.7. The van der Waals surface area contributed by atoms with E-state index in [-0.39, 0.29) is 5.97 Å². The average molecular weight is 605 g/mol. The highest BCUT2D eigenvalue weighted by molar-refractivity contribution is 5.69. The van der Waals surface area contributed by atoms with Crippen molar-refractivity contribution in [2.75, 3.05) is 6.61 Å². The average Bonchev–Trinajstić information content (AvgIpc) is 2.96. The summed E-state index contributed by atoms with van der Waals surface area (Å²) in [5, 5.41) is 0. The lowest BCUT2D eigenvalue weighted by atomic mass is 9.91. The normalized spacial score (nSPS) is 13.5.